The molecule has 0 saturated carbocycles. The molecule has 0 unspecified atom stereocenters. The van der Waals surface area contributed by atoms with E-state index in [2.05, 4.69) is 10.3 Å². The van der Waals surface area contributed by atoms with Crippen LogP contribution >= 0.6 is 11.6 Å². The lowest BCUT2D eigenvalue weighted by atomic mass is 10.1. The van der Waals surface area contributed by atoms with E-state index in [0.717, 1.165) is 34.2 Å². The van der Waals surface area contributed by atoms with Crippen molar-refractivity contribution in [2.75, 3.05) is 12.4 Å². The molecule has 2 aromatic carbocycles. The van der Waals surface area contributed by atoms with E-state index in [1.807, 2.05) is 59.1 Å². The first-order chi connectivity index (χ1) is 12.2. The zero-order valence-electron chi connectivity index (χ0n) is 13.5. The molecule has 0 saturated heterocycles. The van der Waals surface area contributed by atoms with Gasteiger partial charge in [0.25, 0.3) is 0 Å². The summed E-state index contributed by atoms with van der Waals surface area (Å²) in [5.41, 5.74) is 3.46. The summed E-state index contributed by atoms with van der Waals surface area (Å²) in [4.78, 5) is 8.88. The maximum Gasteiger partial charge on any atom is 0.157 e. The van der Waals surface area contributed by atoms with Crippen LogP contribution in [0.5, 0.6) is 5.75 Å². The van der Waals surface area contributed by atoms with Gasteiger partial charge in [0, 0.05) is 28.7 Å². The maximum atomic E-state index is 6.11. The summed E-state index contributed by atoms with van der Waals surface area (Å²) in [6.45, 7) is 0. The molecule has 25 heavy (non-hydrogen) atoms. The highest BCUT2D eigenvalue weighted by atomic mass is 35.5. The molecule has 124 valence electrons. The lowest BCUT2D eigenvalue weighted by Gasteiger charge is -2.09. The van der Waals surface area contributed by atoms with Crippen molar-refractivity contribution in [1.82, 2.24) is 14.4 Å². The van der Waals surface area contributed by atoms with Crippen LogP contribution in [-0.4, -0.2) is 21.5 Å². The Hall–Kier alpha value is -3.05. The Morgan fingerprint density at radius 1 is 1.12 bits per heavy atom. The van der Waals surface area contributed by atoms with Gasteiger partial charge in [-0.1, -0.05) is 17.7 Å². The summed E-state index contributed by atoms with van der Waals surface area (Å²) >= 11 is 6.11. The molecule has 0 aliphatic heterocycles. The minimum atomic E-state index is 0.673. The second-order valence-electron chi connectivity index (χ2n) is 5.48. The van der Waals surface area contributed by atoms with Gasteiger partial charge < -0.3 is 10.1 Å². The summed E-state index contributed by atoms with van der Waals surface area (Å²) in [5, 5.41) is 4.09. The quantitative estimate of drug-likeness (QED) is 0.574. The van der Waals surface area contributed by atoms with Crippen LogP contribution in [0.2, 0.25) is 5.02 Å². The molecule has 0 aliphatic carbocycles. The molecule has 4 rings (SSSR count). The van der Waals surface area contributed by atoms with Crippen LogP contribution < -0.4 is 10.1 Å². The van der Waals surface area contributed by atoms with Crippen LogP contribution in [0.3, 0.4) is 0 Å². The molecule has 6 heteroatoms. The molecule has 0 amide bonds. The van der Waals surface area contributed by atoms with Crippen LogP contribution in [0.25, 0.3) is 16.9 Å². The summed E-state index contributed by atoms with van der Waals surface area (Å²) in [6.07, 6.45) is 5.34. The number of ether oxygens (including phenoxy) is 1. The standard InChI is InChI=1S/C19H15ClN4O/c1-25-16-7-5-13(6-8-16)18-19(22-15-4-2-3-14(20)11-15)24-10-9-21-12-17(24)23-18/h2-12,22H,1H3. The topological polar surface area (TPSA) is 51.5 Å². The largest absolute Gasteiger partial charge is 0.497 e. The number of hydrogen-bond donors (Lipinski definition) is 1. The zero-order chi connectivity index (χ0) is 17.2. The van der Waals surface area contributed by atoms with E-state index in [9.17, 15) is 0 Å². The van der Waals surface area contributed by atoms with E-state index in [1.165, 1.54) is 0 Å². The number of fused-ring (bicyclic) bond motifs is 1. The summed E-state index contributed by atoms with van der Waals surface area (Å²) < 4.78 is 7.20. The average Bonchev–Trinajstić information content (AvgIpc) is 3.00. The van der Waals surface area contributed by atoms with Crippen molar-refractivity contribution >= 4 is 28.8 Å². The van der Waals surface area contributed by atoms with Crippen LogP contribution in [0.4, 0.5) is 11.5 Å². The third-order valence-electron chi connectivity index (χ3n) is 3.88. The number of aromatic nitrogens is 3. The minimum absolute atomic E-state index is 0.673. The summed E-state index contributed by atoms with van der Waals surface area (Å²) in [6, 6.07) is 15.4. The number of halogens is 1. The number of nitrogens with one attached hydrogen (secondary N) is 1. The molecule has 0 spiro atoms. The Morgan fingerprint density at radius 3 is 2.72 bits per heavy atom. The van der Waals surface area contributed by atoms with Gasteiger partial charge >= 0.3 is 0 Å². The lowest BCUT2D eigenvalue weighted by molar-refractivity contribution is 0.415. The molecule has 0 aliphatic rings. The lowest BCUT2D eigenvalue weighted by Crippen LogP contribution is -1.97. The Bertz CT molecular complexity index is 1030. The normalized spacial score (nSPS) is 10.8. The molecule has 1 N–H and O–H groups in total. The van der Waals surface area contributed by atoms with Crippen LogP contribution in [0.1, 0.15) is 0 Å². The number of rotatable bonds is 4. The Balaban J connectivity index is 1.85. The second kappa shape index (κ2) is 6.45. The van der Waals surface area contributed by atoms with Crippen molar-refractivity contribution in [3.05, 3.63) is 72.1 Å². The Kier molecular flexibility index (Phi) is 3.99. The second-order valence-corrected chi connectivity index (χ2v) is 5.91. The number of nitrogens with zero attached hydrogens (tertiary/aromatic N) is 3. The van der Waals surface area contributed by atoms with Crippen molar-refractivity contribution < 1.29 is 4.74 Å². The van der Waals surface area contributed by atoms with Gasteiger partial charge in [-0.05, 0) is 42.5 Å². The number of methoxy groups -OCH3 is 1. The highest BCUT2D eigenvalue weighted by Crippen LogP contribution is 2.32. The molecule has 0 bridgehead atoms. The molecular formula is C19H15ClN4O. The van der Waals surface area contributed by atoms with Gasteiger partial charge in [0.1, 0.15) is 17.3 Å². The van der Waals surface area contributed by atoms with Gasteiger partial charge in [-0.2, -0.15) is 0 Å². The van der Waals surface area contributed by atoms with Gasteiger partial charge in [-0.15, -0.1) is 0 Å². The van der Waals surface area contributed by atoms with Gasteiger partial charge in [-0.25, -0.2) is 4.98 Å². The van der Waals surface area contributed by atoms with Gasteiger partial charge in [0.05, 0.1) is 13.3 Å². The number of anilines is 2. The SMILES string of the molecule is COc1ccc(-c2nc3cnccn3c2Nc2cccc(Cl)c2)cc1. The van der Waals surface area contributed by atoms with E-state index in [4.69, 9.17) is 21.3 Å². The van der Waals surface area contributed by atoms with Crippen molar-refractivity contribution in [2.45, 2.75) is 0 Å². The first-order valence-corrected chi connectivity index (χ1v) is 8.11. The average molecular weight is 351 g/mol. The van der Waals surface area contributed by atoms with E-state index in [0.29, 0.717) is 5.02 Å². The highest BCUT2D eigenvalue weighted by molar-refractivity contribution is 6.30. The number of imidazole rings is 1. The third kappa shape index (κ3) is 3.02. The fourth-order valence-corrected chi connectivity index (χ4v) is 2.87. The highest BCUT2D eigenvalue weighted by Gasteiger charge is 2.14. The molecule has 0 atom stereocenters. The van der Waals surface area contributed by atoms with E-state index in [-0.39, 0.29) is 0 Å². The molecular weight excluding hydrogens is 336 g/mol. The third-order valence-corrected chi connectivity index (χ3v) is 4.12. The molecule has 0 fully saturated rings. The fraction of sp³-hybridized carbons (Fsp3) is 0.0526. The zero-order valence-corrected chi connectivity index (χ0v) is 14.2. The predicted molar refractivity (Wildman–Crippen MR) is 99.7 cm³/mol. The van der Waals surface area contributed by atoms with Crippen molar-refractivity contribution in [1.29, 1.82) is 0 Å². The van der Waals surface area contributed by atoms with Gasteiger partial charge in [0.15, 0.2) is 5.65 Å². The van der Waals surface area contributed by atoms with E-state index < -0.39 is 0 Å². The number of benzene rings is 2. The Morgan fingerprint density at radius 2 is 1.96 bits per heavy atom. The molecule has 4 aromatic rings. The minimum Gasteiger partial charge on any atom is -0.497 e. The first kappa shape index (κ1) is 15.5. The van der Waals surface area contributed by atoms with Crippen molar-refractivity contribution in [2.24, 2.45) is 0 Å². The molecule has 0 radical (unpaired) electrons. The van der Waals surface area contributed by atoms with Crippen LogP contribution in [0.15, 0.2) is 67.1 Å². The van der Waals surface area contributed by atoms with Crippen molar-refractivity contribution in [3.8, 4) is 17.0 Å². The van der Waals surface area contributed by atoms with Crippen LogP contribution in [0, 0.1) is 0 Å². The van der Waals surface area contributed by atoms with E-state index >= 15 is 0 Å². The molecule has 2 heterocycles. The van der Waals surface area contributed by atoms with Crippen molar-refractivity contribution in [3.63, 3.8) is 0 Å². The Labute approximate surface area is 149 Å². The van der Waals surface area contributed by atoms with Gasteiger partial charge in [-0.3, -0.25) is 9.38 Å². The summed E-state index contributed by atoms with van der Waals surface area (Å²) in [7, 11) is 1.65. The fourth-order valence-electron chi connectivity index (χ4n) is 2.68. The smallest absolute Gasteiger partial charge is 0.157 e. The van der Waals surface area contributed by atoms with Gasteiger partial charge in [0.2, 0.25) is 0 Å². The summed E-state index contributed by atoms with van der Waals surface area (Å²) in [5.74, 6) is 1.66. The number of hydrogen-bond acceptors (Lipinski definition) is 4. The maximum absolute atomic E-state index is 6.11. The predicted octanol–water partition coefficient (Wildman–Crippen LogP) is 4.80. The first-order valence-electron chi connectivity index (χ1n) is 7.74. The monoisotopic (exact) mass is 350 g/mol. The molecule has 5 nitrogen and oxygen atoms in total. The van der Waals surface area contributed by atoms with Crippen LogP contribution in [-0.2, 0) is 0 Å². The molecule has 2 aromatic heterocycles. The van der Waals surface area contributed by atoms with E-state index in [1.54, 1.807) is 19.5 Å².